The van der Waals surface area contributed by atoms with Crippen LogP contribution in [-0.4, -0.2) is 12.6 Å². The maximum Gasteiger partial charge on any atom is 0.309 e. The van der Waals surface area contributed by atoms with E-state index in [1.54, 1.807) is 0 Å². The second-order valence-corrected chi connectivity index (χ2v) is 5.09. The summed E-state index contributed by atoms with van der Waals surface area (Å²) in [7, 11) is 0. The van der Waals surface area contributed by atoms with E-state index in [-0.39, 0.29) is 17.3 Å². The van der Waals surface area contributed by atoms with Gasteiger partial charge in [0.15, 0.2) is 0 Å². The van der Waals surface area contributed by atoms with E-state index in [2.05, 4.69) is 20.8 Å². The minimum absolute atomic E-state index is 0.00435. The van der Waals surface area contributed by atoms with Gasteiger partial charge in [-0.1, -0.05) is 27.2 Å². The third-order valence-corrected chi connectivity index (χ3v) is 3.43. The maximum absolute atomic E-state index is 11.8. The number of carbonyl (C=O) groups excluding carboxylic acids is 1. The van der Waals surface area contributed by atoms with Gasteiger partial charge in [0.1, 0.15) is 0 Å². The van der Waals surface area contributed by atoms with Crippen molar-refractivity contribution in [2.75, 3.05) is 6.61 Å². The lowest BCUT2D eigenvalue weighted by molar-refractivity contribution is -0.157. The van der Waals surface area contributed by atoms with E-state index in [0.717, 1.165) is 12.8 Å². The molecule has 2 heteroatoms. The van der Waals surface area contributed by atoms with E-state index in [9.17, 15) is 4.79 Å². The van der Waals surface area contributed by atoms with Gasteiger partial charge in [0.2, 0.25) is 0 Å². The molecule has 1 aliphatic carbocycles. The van der Waals surface area contributed by atoms with Gasteiger partial charge in [-0.05, 0) is 31.1 Å². The van der Waals surface area contributed by atoms with Crippen LogP contribution in [0.15, 0.2) is 0 Å². The summed E-state index contributed by atoms with van der Waals surface area (Å²) in [6, 6.07) is 0. The van der Waals surface area contributed by atoms with Gasteiger partial charge in [0, 0.05) is 0 Å². The third-order valence-electron chi connectivity index (χ3n) is 3.43. The Morgan fingerprint density at radius 3 is 2.64 bits per heavy atom. The molecule has 0 aliphatic heterocycles. The van der Waals surface area contributed by atoms with E-state index in [4.69, 9.17) is 4.74 Å². The highest BCUT2D eigenvalue weighted by atomic mass is 16.5. The van der Waals surface area contributed by atoms with Crippen LogP contribution in [0.3, 0.4) is 0 Å². The molecule has 0 spiro atoms. The number of rotatable bonds is 2. The summed E-state index contributed by atoms with van der Waals surface area (Å²) in [4.78, 5) is 11.8. The summed E-state index contributed by atoms with van der Waals surface area (Å²) in [6.45, 7) is 8.91. The van der Waals surface area contributed by atoms with Crippen LogP contribution in [0.5, 0.6) is 0 Å². The van der Waals surface area contributed by atoms with Gasteiger partial charge < -0.3 is 4.74 Å². The molecule has 0 saturated heterocycles. The Kier molecular flexibility index (Phi) is 3.57. The Bertz CT molecular complexity index is 208. The second-order valence-electron chi connectivity index (χ2n) is 5.09. The van der Waals surface area contributed by atoms with Crippen molar-refractivity contribution in [1.82, 2.24) is 0 Å². The molecule has 0 aromatic rings. The van der Waals surface area contributed by atoms with Crippen molar-refractivity contribution in [2.24, 2.45) is 17.3 Å². The Balaban J connectivity index is 2.74. The molecule has 82 valence electrons. The Labute approximate surface area is 87.0 Å². The van der Waals surface area contributed by atoms with Crippen LogP contribution < -0.4 is 0 Å². The van der Waals surface area contributed by atoms with E-state index in [1.807, 2.05) is 6.92 Å². The van der Waals surface area contributed by atoms with Gasteiger partial charge in [0.25, 0.3) is 0 Å². The zero-order valence-corrected chi connectivity index (χ0v) is 9.80. The molecule has 1 aliphatic rings. The molecule has 0 N–H and O–H groups in total. The maximum atomic E-state index is 11.8. The number of hydrogen-bond acceptors (Lipinski definition) is 2. The molecule has 0 heterocycles. The summed E-state index contributed by atoms with van der Waals surface area (Å²) < 4.78 is 5.15. The quantitative estimate of drug-likeness (QED) is 0.637. The van der Waals surface area contributed by atoms with Crippen LogP contribution in [0.1, 0.15) is 47.0 Å². The van der Waals surface area contributed by atoms with Gasteiger partial charge in [-0.3, -0.25) is 4.79 Å². The van der Waals surface area contributed by atoms with Crippen LogP contribution in [-0.2, 0) is 9.53 Å². The molecule has 2 atom stereocenters. The fourth-order valence-corrected chi connectivity index (χ4v) is 2.76. The lowest BCUT2D eigenvalue weighted by atomic mass is 9.64. The summed E-state index contributed by atoms with van der Waals surface area (Å²) in [5.41, 5.74) is 0.115. The number of esters is 1. The van der Waals surface area contributed by atoms with Crippen molar-refractivity contribution >= 4 is 5.97 Å². The molecule has 0 bridgehead atoms. The number of ether oxygens (including phenoxy) is 1. The Morgan fingerprint density at radius 2 is 2.14 bits per heavy atom. The topological polar surface area (TPSA) is 26.3 Å². The van der Waals surface area contributed by atoms with E-state index in [0.29, 0.717) is 12.5 Å². The first-order valence-corrected chi connectivity index (χ1v) is 5.65. The standard InChI is InChI=1S/C12H22O2/c1-5-14-11(13)10-9(2)7-6-8-12(10,3)4/h9-10H,5-8H2,1-4H3. The lowest BCUT2D eigenvalue weighted by Crippen LogP contribution is -2.40. The lowest BCUT2D eigenvalue weighted by Gasteiger charge is -2.40. The van der Waals surface area contributed by atoms with Crippen LogP contribution in [0.4, 0.5) is 0 Å². The molecule has 2 nitrogen and oxygen atoms in total. The van der Waals surface area contributed by atoms with Crippen molar-refractivity contribution in [2.45, 2.75) is 47.0 Å². The molecular weight excluding hydrogens is 176 g/mol. The molecule has 0 aromatic carbocycles. The molecule has 1 saturated carbocycles. The minimum Gasteiger partial charge on any atom is -0.466 e. The molecule has 1 rings (SSSR count). The fraction of sp³-hybridized carbons (Fsp3) is 0.917. The van der Waals surface area contributed by atoms with Crippen LogP contribution in [0.2, 0.25) is 0 Å². The smallest absolute Gasteiger partial charge is 0.309 e. The highest BCUT2D eigenvalue weighted by Gasteiger charge is 2.42. The van der Waals surface area contributed by atoms with Crippen molar-refractivity contribution in [3.63, 3.8) is 0 Å². The first kappa shape index (κ1) is 11.5. The van der Waals surface area contributed by atoms with Crippen LogP contribution >= 0.6 is 0 Å². The monoisotopic (exact) mass is 198 g/mol. The summed E-state index contributed by atoms with van der Waals surface area (Å²) in [5, 5.41) is 0. The Hall–Kier alpha value is -0.530. The zero-order valence-electron chi connectivity index (χ0n) is 9.80. The van der Waals surface area contributed by atoms with Crippen LogP contribution in [0, 0.1) is 17.3 Å². The van der Waals surface area contributed by atoms with E-state index in [1.165, 1.54) is 6.42 Å². The first-order chi connectivity index (χ1) is 6.49. The first-order valence-electron chi connectivity index (χ1n) is 5.65. The van der Waals surface area contributed by atoms with Crippen molar-refractivity contribution in [3.05, 3.63) is 0 Å². The number of hydrogen-bond donors (Lipinski definition) is 0. The summed E-state index contributed by atoms with van der Waals surface area (Å²) >= 11 is 0. The van der Waals surface area contributed by atoms with Crippen LogP contribution in [0.25, 0.3) is 0 Å². The van der Waals surface area contributed by atoms with Crippen molar-refractivity contribution in [3.8, 4) is 0 Å². The largest absolute Gasteiger partial charge is 0.466 e. The summed E-state index contributed by atoms with van der Waals surface area (Å²) in [6.07, 6.45) is 3.54. The molecule has 14 heavy (non-hydrogen) atoms. The van der Waals surface area contributed by atoms with E-state index < -0.39 is 0 Å². The SMILES string of the molecule is CCOC(=O)C1C(C)CCCC1(C)C. The molecule has 2 unspecified atom stereocenters. The normalized spacial score (nSPS) is 31.1. The van der Waals surface area contributed by atoms with Gasteiger partial charge in [-0.2, -0.15) is 0 Å². The van der Waals surface area contributed by atoms with Gasteiger partial charge in [0.05, 0.1) is 12.5 Å². The van der Waals surface area contributed by atoms with Gasteiger partial charge in [-0.15, -0.1) is 0 Å². The van der Waals surface area contributed by atoms with Gasteiger partial charge in [-0.25, -0.2) is 0 Å². The molecule has 1 fully saturated rings. The third kappa shape index (κ3) is 2.28. The molecule has 0 radical (unpaired) electrons. The predicted octanol–water partition coefficient (Wildman–Crippen LogP) is 3.01. The summed E-state index contributed by atoms with van der Waals surface area (Å²) in [5.74, 6) is 0.568. The predicted molar refractivity (Wildman–Crippen MR) is 56.9 cm³/mol. The molecule has 0 aromatic heterocycles. The van der Waals surface area contributed by atoms with Crippen molar-refractivity contribution < 1.29 is 9.53 Å². The average molecular weight is 198 g/mol. The highest BCUT2D eigenvalue weighted by molar-refractivity contribution is 5.73. The molecular formula is C12H22O2. The highest BCUT2D eigenvalue weighted by Crippen LogP contribution is 2.44. The number of carbonyl (C=O) groups is 1. The van der Waals surface area contributed by atoms with E-state index >= 15 is 0 Å². The zero-order chi connectivity index (χ0) is 10.8. The van der Waals surface area contributed by atoms with Crippen molar-refractivity contribution in [1.29, 1.82) is 0 Å². The second kappa shape index (κ2) is 4.33. The van der Waals surface area contributed by atoms with Gasteiger partial charge >= 0.3 is 5.97 Å². The average Bonchev–Trinajstić information content (AvgIpc) is 2.02. The fourth-order valence-electron chi connectivity index (χ4n) is 2.76. The Morgan fingerprint density at radius 1 is 1.50 bits per heavy atom. The molecule has 0 amide bonds. The minimum atomic E-state index is 0.00435.